The average Bonchev–Trinajstić information content (AvgIpc) is 2.71. The zero-order chi connectivity index (χ0) is 20.8. The van der Waals surface area contributed by atoms with Crippen LogP contribution >= 0.6 is 0 Å². The maximum Gasteiger partial charge on any atom is 0.276 e. The Morgan fingerprint density at radius 2 is 1.69 bits per heavy atom. The summed E-state index contributed by atoms with van der Waals surface area (Å²) in [6, 6.07) is 14.2. The summed E-state index contributed by atoms with van der Waals surface area (Å²) in [6.45, 7) is 1.54. The Labute approximate surface area is 167 Å². The van der Waals surface area contributed by atoms with E-state index in [0.29, 0.717) is 16.9 Å². The lowest BCUT2D eigenvalue weighted by atomic mass is 9.98. The third-order valence-corrected chi connectivity index (χ3v) is 4.49. The molecule has 0 bridgehead atoms. The number of aryl methyl sites for hydroxylation is 1. The summed E-state index contributed by atoms with van der Waals surface area (Å²) in [4.78, 5) is 49.5. The number of benzene rings is 2. The molecule has 0 aromatic heterocycles. The van der Waals surface area contributed by atoms with E-state index < -0.39 is 17.7 Å². The van der Waals surface area contributed by atoms with Crippen LogP contribution in [-0.4, -0.2) is 41.7 Å². The molecule has 8 heteroatoms. The van der Waals surface area contributed by atoms with Crippen molar-refractivity contribution in [2.24, 2.45) is 0 Å². The smallest absolute Gasteiger partial charge is 0.276 e. The van der Waals surface area contributed by atoms with Gasteiger partial charge < -0.3 is 4.74 Å². The molecule has 150 valence electrons. The van der Waals surface area contributed by atoms with Gasteiger partial charge in [-0.3, -0.25) is 34.9 Å². The minimum atomic E-state index is -0.527. The number of nitrogens with zero attached hydrogens (tertiary/aromatic N) is 1. The second-order valence-electron chi connectivity index (χ2n) is 6.58. The molecular formula is C21H21N3O5. The monoisotopic (exact) mass is 395 g/mol. The van der Waals surface area contributed by atoms with Gasteiger partial charge in [0.15, 0.2) is 6.61 Å². The van der Waals surface area contributed by atoms with Crippen molar-refractivity contribution in [3.8, 4) is 5.75 Å². The van der Waals surface area contributed by atoms with Crippen LogP contribution in [0, 0.1) is 6.92 Å². The Balaban J connectivity index is 1.43. The number of fused-ring (bicyclic) bond motifs is 1. The van der Waals surface area contributed by atoms with Gasteiger partial charge in [0.1, 0.15) is 5.75 Å². The number of rotatable bonds is 6. The van der Waals surface area contributed by atoms with Crippen LogP contribution in [0.3, 0.4) is 0 Å². The molecule has 3 rings (SSSR count). The van der Waals surface area contributed by atoms with Crippen molar-refractivity contribution < 1.29 is 23.9 Å². The molecule has 8 nitrogen and oxygen atoms in total. The predicted molar refractivity (Wildman–Crippen MR) is 104 cm³/mol. The maximum atomic E-state index is 12.4. The van der Waals surface area contributed by atoms with Crippen molar-refractivity contribution in [3.05, 3.63) is 65.2 Å². The number of hydrazine groups is 1. The van der Waals surface area contributed by atoms with Gasteiger partial charge in [-0.25, -0.2) is 0 Å². The number of para-hydroxylation sites is 1. The van der Waals surface area contributed by atoms with E-state index >= 15 is 0 Å². The molecule has 1 aliphatic heterocycles. The van der Waals surface area contributed by atoms with Crippen molar-refractivity contribution in [2.75, 3.05) is 13.2 Å². The highest BCUT2D eigenvalue weighted by Gasteiger charge is 2.30. The van der Waals surface area contributed by atoms with E-state index in [1.165, 1.54) is 0 Å². The van der Waals surface area contributed by atoms with Crippen LogP contribution < -0.4 is 15.6 Å². The molecule has 2 aromatic rings. The first-order valence-electron chi connectivity index (χ1n) is 9.14. The summed E-state index contributed by atoms with van der Waals surface area (Å²) in [7, 11) is 0. The molecule has 0 radical (unpaired) electrons. The van der Waals surface area contributed by atoms with Gasteiger partial charge in [-0.15, -0.1) is 0 Å². The lowest BCUT2D eigenvalue weighted by molar-refractivity contribution is -0.131. The Morgan fingerprint density at radius 1 is 1.00 bits per heavy atom. The van der Waals surface area contributed by atoms with Crippen LogP contribution in [0.4, 0.5) is 0 Å². The molecule has 2 aromatic carbocycles. The first kappa shape index (κ1) is 20.1. The van der Waals surface area contributed by atoms with Crippen molar-refractivity contribution in [2.45, 2.75) is 19.8 Å². The topological polar surface area (TPSA) is 105 Å². The van der Waals surface area contributed by atoms with Crippen LogP contribution in [0.25, 0.3) is 0 Å². The molecular weight excluding hydrogens is 374 g/mol. The fourth-order valence-electron chi connectivity index (χ4n) is 2.94. The molecule has 4 amide bonds. The van der Waals surface area contributed by atoms with E-state index in [-0.39, 0.29) is 31.9 Å². The van der Waals surface area contributed by atoms with E-state index in [9.17, 15) is 19.2 Å². The maximum absolute atomic E-state index is 12.4. The summed E-state index contributed by atoms with van der Waals surface area (Å²) >= 11 is 0. The van der Waals surface area contributed by atoms with E-state index in [4.69, 9.17) is 4.74 Å². The lowest BCUT2D eigenvalue weighted by Gasteiger charge is -2.26. The van der Waals surface area contributed by atoms with Crippen molar-refractivity contribution in [1.29, 1.82) is 0 Å². The van der Waals surface area contributed by atoms with Crippen molar-refractivity contribution in [1.82, 2.24) is 15.8 Å². The van der Waals surface area contributed by atoms with Crippen molar-refractivity contribution in [3.63, 3.8) is 0 Å². The van der Waals surface area contributed by atoms with Gasteiger partial charge in [-0.1, -0.05) is 36.4 Å². The molecule has 2 N–H and O–H groups in total. The van der Waals surface area contributed by atoms with Gasteiger partial charge in [0.2, 0.25) is 11.8 Å². The summed E-state index contributed by atoms with van der Waals surface area (Å²) in [5.74, 6) is -1.23. The Bertz CT molecular complexity index is 957. The number of imide groups is 1. The predicted octanol–water partition coefficient (Wildman–Crippen LogP) is 1.14. The first-order valence-corrected chi connectivity index (χ1v) is 9.14. The van der Waals surface area contributed by atoms with Gasteiger partial charge in [0.05, 0.1) is 6.42 Å². The van der Waals surface area contributed by atoms with Gasteiger partial charge in [-0.2, -0.15) is 0 Å². The number of hydrogen-bond donors (Lipinski definition) is 2. The molecule has 29 heavy (non-hydrogen) atoms. The normalized spacial score (nSPS) is 12.9. The number of amides is 4. The second-order valence-corrected chi connectivity index (χ2v) is 6.58. The third-order valence-electron chi connectivity index (χ3n) is 4.49. The molecule has 0 atom stereocenters. The zero-order valence-corrected chi connectivity index (χ0v) is 15.9. The quantitative estimate of drug-likeness (QED) is 0.564. The lowest BCUT2D eigenvalue weighted by Crippen LogP contribution is -2.47. The fraction of sp³-hybridized carbons (Fsp3) is 0.238. The Morgan fingerprint density at radius 3 is 2.48 bits per heavy atom. The number of nitrogens with one attached hydrogen (secondary N) is 2. The summed E-state index contributed by atoms with van der Waals surface area (Å²) in [5, 5.41) is 0. The van der Waals surface area contributed by atoms with Crippen LogP contribution in [0.1, 0.15) is 27.9 Å². The van der Waals surface area contributed by atoms with E-state index in [1.807, 2.05) is 19.1 Å². The van der Waals surface area contributed by atoms with Crippen molar-refractivity contribution >= 4 is 23.6 Å². The largest absolute Gasteiger partial charge is 0.483 e. The molecule has 0 fully saturated rings. The Kier molecular flexibility index (Phi) is 6.23. The standard InChI is InChI=1S/C21H21N3O5/c1-14-6-2-5-9-17(14)29-13-19(26)23-22-18(25)10-11-24-20(27)12-15-7-3-4-8-16(15)21(24)28/h2-9H,10-13H2,1H3,(H,22,25)(H,23,26). The number of ether oxygens (including phenoxy) is 1. The third kappa shape index (κ3) is 4.98. The van der Waals surface area contributed by atoms with Crippen LogP contribution in [0.15, 0.2) is 48.5 Å². The second kappa shape index (κ2) is 9.01. The molecule has 0 unspecified atom stereocenters. The van der Waals surface area contributed by atoms with Gasteiger partial charge in [0, 0.05) is 18.5 Å². The molecule has 0 aliphatic carbocycles. The van der Waals surface area contributed by atoms with Gasteiger partial charge >= 0.3 is 0 Å². The number of carbonyl (C=O) groups is 4. The minimum Gasteiger partial charge on any atom is -0.483 e. The summed E-state index contributed by atoms with van der Waals surface area (Å²) in [5.41, 5.74) is 6.54. The first-order chi connectivity index (χ1) is 14.0. The molecule has 1 aliphatic rings. The van der Waals surface area contributed by atoms with E-state index in [1.54, 1.807) is 36.4 Å². The average molecular weight is 395 g/mol. The minimum absolute atomic E-state index is 0.0621. The summed E-state index contributed by atoms with van der Waals surface area (Å²) < 4.78 is 5.39. The number of carbonyl (C=O) groups excluding carboxylic acids is 4. The van der Waals surface area contributed by atoms with Crippen LogP contribution in [0.2, 0.25) is 0 Å². The van der Waals surface area contributed by atoms with Crippen LogP contribution in [-0.2, 0) is 20.8 Å². The molecule has 1 heterocycles. The summed E-state index contributed by atoms with van der Waals surface area (Å²) in [6.07, 6.45) is -0.00487. The highest BCUT2D eigenvalue weighted by atomic mass is 16.5. The van der Waals surface area contributed by atoms with Crippen LogP contribution in [0.5, 0.6) is 5.75 Å². The van der Waals surface area contributed by atoms with E-state index in [2.05, 4.69) is 10.9 Å². The Hall–Kier alpha value is -3.68. The highest BCUT2D eigenvalue weighted by molar-refractivity contribution is 6.09. The van der Waals surface area contributed by atoms with E-state index in [0.717, 1.165) is 10.5 Å². The highest BCUT2D eigenvalue weighted by Crippen LogP contribution is 2.19. The molecule has 0 spiro atoms. The van der Waals surface area contributed by atoms with Gasteiger partial charge in [0.25, 0.3) is 11.8 Å². The molecule has 0 saturated carbocycles. The SMILES string of the molecule is Cc1ccccc1OCC(=O)NNC(=O)CCN1C(=O)Cc2ccccc2C1=O. The number of hydrogen-bond acceptors (Lipinski definition) is 5. The van der Waals surface area contributed by atoms with Gasteiger partial charge in [-0.05, 0) is 30.2 Å². The molecule has 0 saturated heterocycles. The fourth-order valence-corrected chi connectivity index (χ4v) is 2.94. The zero-order valence-electron chi connectivity index (χ0n) is 15.9.